The van der Waals surface area contributed by atoms with Crippen LogP contribution >= 0.6 is 0 Å². The first-order valence-electron chi connectivity index (χ1n) is 21.5. The van der Waals surface area contributed by atoms with Crippen molar-refractivity contribution in [1.82, 2.24) is 15.2 Å². The molecule has 3 fully saturated rings. The summed E-state index contributed by atoms with van der Waals surface area (Å²) in [6, 6.07) is 9.61. The fourth-order valence-electron chi connectivity index (χ4n) is 9.33. The van der Waals surface area contributed by atoms with E-state index in [4.69, 9.17) is 33.3 Å². The van der Waals surface area contributed by atoms with Crippen LogP contribution in [0.15, 0.2) is 41.7 Å². The number of cyclic esters (lactones) is 1. The van der Waals surface area contributed by atoms with Gasteiger partial charge in [-0.1, -0.05) is 51.0 Å². The maximum Gasteiger partial charge on any atom is 0.509 e. The summed E-state index contributed by atoms with van der Waals surface area (Å²) in [7, 11) is 5.23. The van der Waals surface area contributed by atoms with Gasteiger partial charge in [0.25, 0.3) is 5.91 Å². The average Bonchev–Trinajstić information content (AvgIpc) is 3.55. The molecule has 5 rings (SSSR count). The first-order valence-corrected chi connectivity index (χ1v) is 21.5. The third-order valence-electron chi connectivity index (χ3n) is 12.9. The zero-order valence-electron chi connectivity index (χ0n) is 37.5. The summed E-state index contributed by atoms with van der Waals surface area (Å²) < 4.78 is 36.7. The van der Waals surface area contributed by atoms with Crippen molar-refractivity contribution in [1.29, 1.82) is 0 Å². The number of methoxy groups -OCH3 is 1. The Morgan fingerprint density at radius 1 is 1.05 bits per heavy atom. The van der Waals surface area contributed by atoms with E-state index in [9.17, 15) is 24.3 Å². The Morgan fingerprint density at radius 2 is 1.77 bits per heavy atom. The summed E-state index contributed by atoms with van der Waals surface area (Å²) in [6.07, 6.45) is -2.38. The van der Waals surface area contributed by atoms with Gasteiger partial charge in [-0.2, -0.15) is 0 Å². The molecule has 0 unspecified atom stereocenters. The number of ketones is 1. The van der Waals surface area contributed by atoms with Gasteiger partial charge in [0, 0.05) is 49.0 Å². The Hall–Kier alpha value is -4.22. The van der Waals surface area contributed by atoms with Crippen LogP contribution in [0.5, 0.6) is 0 Å². The van der Waals surface area contributed by atoms with E-state index in [1.165, 1.54) is 14.0 Å². The van der Waals surface area contributed by atoms with Crippen LogP contribution in [0.3, 0.4) is 0 Å². The molecule has 338 valence electrons. The van der Waals surface area contributed by atoms with Gasteiger partial charge in [0.15, 0.2) is 30.4 Å². The third-order valence-corrected chi connectivity index (χ3v) is 12.9. The zero-order valence-corrected chi connectivity index (χ0v) is 37.5. The van der Waals surface area contributed by atoms with Crippen molar-refractivity contribution in [2.75, 3.05) is 34.4 Å². The molecule has 61 heavy (non-hydrogen) atoms. The summed E-state index contributed by atoms with van der Waals surface area (Å²) in [5.41, 5.74) is -0.312. The largest absolute Gasteiger partial charge is 0.509 e. The Balaban J connectivity index is 1.44. The number of aryl methyl sites for hydroxylation is 1. The monoisotopic (exact) mass is 854 g/mol. The number of carbonyl (C=O) groups excluding carboxylic acids is 4. The highest BCUT2D eigenvalue weighted by Gasteiger charge is 2.59. The lowest BCUT2D eigenvalue weighted by atomic mass is 9.74. The molecule has 0 saturated carbocycles. The van der Waals surface area contributed by atoms with Crippen molar-refractivity contribution in [3.8, 4) is 0 Å². The number of esters is 1. The minimum Gasteiger partial charge on any atom is -0.457 e. The third kappa shape index (κ3) is 10.7. The van der Waals surface area contributed by atoms with Crippen LogP contribution in [0.1, 0.15) is 86.6 Å². The average molecular weight is 855 g/mol. The number of likely N-dealkylation sites (N-methyl/N-ethyl adjacent to an activating group) is 1. The highest BCUT2D eigenvalue weighted by molar-refractivity contribution is 6.00. The normalized spacial score (nSPS) is 35.9. The predicted octanol–water partition coefficient (Wildman–Crippen LogP) is 5.01. The van der Waals surface area contributed by atoms with Gasteiger partial charge in [-0.3, -0.25) is 19.4 Å². The molecular formula is C45H66N4O12. The van der Waals surface area contributed by atoms with Gasteiger partial charge in [-0.25, -0.2) is 4.79 Å². The van der Waals surface area contributed by atoms with Crippen molar-refractivity contribution < 1.29 is 57.5 Å². The van der Waals surface area contributed by atoms with Crippen LogP contribution < -0.4 is 5.32 Å². The molecule has 2 N–H and O–H groups in total. The van der Waals surface area contributed by atoms with Crippen LogP contribution in [0.2, 0.25) is 0 Å². The molecule has 0 spiro atoms. The first-order chi connectivity index (χ1) is 28.8. The van der Waals surface area contributed by atoms with E-state index in [0.717, 1.165) is 22.9 Å². The molecule has 1 aromatic carbocycles. The number of hydrogen-bond donors (Lipinski definition) is 2. The van der Waals surface area contributed by atoms with Gasteiger partial charge in [-0.05, 0) is 91.6 Å². The van der Waals surface area contributed by atoms with Crippen LogP contribution in [0, 0.1) is 23.7 Å². The Morgan fingerprint density at radius 3 is 2.46 bits per heavy atom. The Labute approximate surface area is 359 Å². The lowest BCUT2D eigenvalue weighted by molar-refractivity contribution is -0.295. The molecule has 3 aliphatic heterocycles. The van der Waals surface area contributed by atoms with Crippen LogP contribution in [0.25, 0.3) is 10.9 Å². The second-order valence-electron chi connectivity index (χ2n) is 17.6. The number of para-hydroxylation sites is 1. The molecular weight excluding hydrogens is 789 g/mol. The topological polar surface area (TPSA) is 194 Å². The van der Waals surface area contributed by atoms with Gasteiger partial charge in [0.1, 0.15) is 18.1 Å². The zero-order chi connectivity index (χ0) is 44.8. The van der Waals surface area contributed by atoms with Crippen molar-refractivity contribution in [2.24, 2.45) is 28.8 Å². The fraction of sp³-hybridized carbons (Fsp3) is 0.689. The summed E-state index contributed by atoms with van der Waals surface area (Å²) in [6.45, 7) is 13.9. The minimum atomic E-state index is -1.48. The van der Waals surface area contributed by atoms with E-state index in [0.29, 0.717) is 25.1 Å². The SMILES string of the molecule is CC[C@H]1OC(=O)[C@H](C)C(=O)[C@H](C)[C@@H](O[C@@H]2O[C@H](C)C[C@H](N(C)C)[C@H]2O)[C@](C)(OC)C[C@@H](C)/C(=N\OCC(=O)NCCCc2ccnc3ccccc23)[C@H](C)[C@H]2OC(=O)O[C@@]21C. The number of fused-ring (bicyclic) bond motifs is 2. The second kappa shape index (κ2) is 20.3. The predicted molar refractivity (Wildman–Crippen MR) is 225 cm³/mol. The van der Waals surface area contributed by atoms with E-state index in [2.05, 4.69) is 15.5 Å². The van der Waals surface area contributed by atoms with E-state index in [1.807, 2.05) is 63.2 Å². The minimum absolute atomic E-state index is 0.165. The molecule has 0 aliphatic carbocycles. The van der Waals surface area contributed by atoms with E-state index >= 15 is 0 Å². The fourth-order valence-corrected chi connectivity index (χ4v) is 9.33. The molecule has 16 nitrogen and oxygen atoms in total. The Kier molecular flexibility index (Phi) is 15.9. The lowest BCUT2D eigenvalue weighted by Gasteiger charge is -2.47. The number of nitrogens with one attached hydrogen (secondary N) is 1. The maximum absolute atomic E-state index is 14.3. The van der Waals surface area contributed by atoms with Crippen LogP contribution in [-0.4, -0.2) is 133 Å². The quantitative estimate of drug-likeness (QED) is 0.125. The van der Waals surface area contributed by atoms with Gasteiger partial charge in [0.2, 0.25) is 0 Å². The van der Waals surface area contributed by atoms with Gasteiger partial charge >= 0.3 is 12.1 Å². The number of carbonyl (C=O) groups is 4. The van der Waals surface area contributed by atoms with E-state index in [1.54, 1.807) is 40.8 Å². The molecule has 0 bridgehead atoms. The summed E-state index contributed by atoms with van der Waals surface area (Å²) in [5, 5.41) is 20.0. The van der Waals surface area contributed by atoms with Crippen molar-refractivity contribution in [3.63, 3.8) is 0 Å². The molecule has 2 aromatic rings. The molecule has 3 saturated heterocycles. The highest BCUT2D eigenvalue weighted by atomic mass is 16.8. The molecule has 4 heterocycles. The summed E-state index contributed by atoms with van der Waals surface area (Å²) >= 11 is 0. The van der Waals surface area contributed by atoms with Crippen molar-refractivity contribution >= 4 is 40.4 Å². The van der Waals surface area contributed by atoms with Gasteiger partial charge < -0.3 is 48.6 Å². The van der Waals surface area contributed by atoms with Gasteiger partial charge in [0.05, 0.1) is 29.0 Å². The second-order valence-corrected chi connectivity index (χ2v) is 17.6. The highest BCUT2D eigenvalue weighted by Crippen LogP contribution is 2.42. The number of nitrogens with zero attached hydrogens (tertiary/aromatic N) is 3. The maximum atomic E-state index is 14.3. The number of oxime groups is 1. The number of benzene rings is 1. The number of Topliss-reactive ketones (excluding diaryl/α,β-unsaturated/α-hetero) is 1. The molecule has 0 radical (unpaired) electrons. The molecule has 1 amide bonds. The number of pyridine rings is 1. The number of amides is 1. The molecule has 3 aliphatic rings. The van der Waals surface area contributed by atoms with Crippen LogP contribution in [0.4, 0.5) is 4.79 Å². The van der Waals surface area contributed by atoms with Crippen LogP contribution in [-0.2, 0) is 54.1 Å². The number of rotatable bonds is 12. The first kappa shape index (κ1) is 47.8. The number of aliphatic hydroxyl groups is 1. The molecule has 13 atom stereocenters. The Bertz CT molecular complexity index is 1890. The number of hydrogen-bond acceptors (Lipinski definition) is 15. The van der Waals surface area contributed by atoms with Crippen molar-refractivity contribution in [2.45, 2.75) is 142 Å². The van der Waals surface area contributed by atoms with Gasteiger partial charge in [-0.15, -0.1) is 0 Å². The van der Waals surface area contributed by atoms with Crippen molar-refractivity contribution in [3.05, 3.63) is 42.1 Å². The molecule has 1 aromatic heterocycles. The number of ether oxygens (including phenoxy) is 6. The van der Waals surface area contributed by atoms with E-state index < -0.39 is 90.1 Å². The smallest absolute Gasteiger partial charge is 0.457 e. The molecule has 16 heteroatoms. The number of aromatic nitrogens is 1. The summed E-state index contributed by atoms with van der Waals surface area (Å²) in [4.78, 5) is 66.3. The lowest BCUT2D eigenvalue weighted by Crippen LogP contribution is -2.59. The van der Waals surface area contributed by atoms with E-state index in [-0.39, 0.29) is 30.9 Å². The summed E-state index contributed by atoms with van der Waals surface area (Å²) in [5.74, 6) is -5.11. The number of aliphatic hydroxyl groups excluding tert-OH is 1. The standard InChI is InChI=1S/C45H66N4O12/c1-12-34-45(8)40(60-43(54)61-45)27(4)36(48-56-24-35(50)47-20-15-16-30-19-21-46-32-18-14-13-17-31(30)32)25(2)23-44(7,55-11)39(28(5)37(51)29(6)41(53)58-34)59-42-38(52)33(49(9)10)22-26(3)57-42/h13-14,17-19,21,25-29,33-34,38-40,42,52H,12,15-16,20,22-24H2,1-11H3,(H,47,50)/b48-36+/t25-,26-,27+,28+,29-,33+,34-,38-,39-,40-,42+,44-,45-/m1/s1.